The number of hydrogen-bond acceptors (Lipinski definition) is 5. The highest BCUT2D eigenvalue weighted by atomic mass is 16.5. The molecule has 0 spiro atoms. The monoisotopic (exact) mass is 478 g/mol. The first-order valence-electron chi connectivity index (χ1n) is 12.5. The van der Waals surface area contributed by atoms with Gasteiger partial charge in [-0.05, 0) is 61.3 Å². The van der Waals surface area contributed by atoms with Crippen molar-refractivity contribution < 1.29 is 23.9 Å². The van der Waals surface area contributed by atoms with Crippen LogP contribution in [0.15, 0.2) is 42.5 Å². The molecule has 2 heterocycles. The lowest BCUT2D eigenvalue weighted by atomic mass is 9.93. The highest BCUT2D eigenvalue weighted by Gasteiger charge is 2.37. The van der Waals surface area contributed by atoms with E-state index < -0.39 is 6.04 Å². The lowest BCUT2D eigenvalue weighted by Gasteiger charge is -2.25. The lowest BCUT2D eigenvalue weighted by molar-refractivity contribution is -0.125. The minimum atomic E-state index is -0.688. The molecule has 2 aromatic rings. The van der Waals surface area contributed by atoms with Gasteiger partial charge in [0, 0.05) is 37.8 Å². The standard InChI is InChI=1S/C28H34N2O5/c1-29-27(32)25(5-3-15-31)30-18-24-23(28(30)33)4-2-6-26(24)35-19-22-11-9-20(10-12-22)7-8-21-13-16-34-17-14-21/h2,4,6,9-12,15,21,25H,3,5,7-8,13-14,16-19H2,1H3,(H,29,32). The SMILES string of the molecule is CNC(=O)C(CCC=O)N1Cc2c(OCc3ccc(CCC4CCOCC4)cc3)cccc2C1=O. The number of aryl methyl sites for hydroxylation is 1. The molecule has 186 valence electrons. The number of carbonyl (C=O) groups excluding carboxylic acids is 3. The van der Waals surface area contributed by atoms with Crippen molar-refractivity contribution in [3.63, 3.8) is 0 Å². The molecule has 0 saturated carbocycles. The highest BCUT2D eigenvalue weighted by Crippen LogP contribution is 2.33. The Morgan fingerprint density at radius 1 is 1.17 bits per heavy atom. The van der Waals surface area contributed by atoms with Crippen LogP contribution in [0.25, 0.3) is 0 Å². The van der Waals surface area contributed by atoms with Crippen LogP contribution in [0.3, 0.4) is 0 Å². The zero-order valence-electron chi connectivity index (χ0n) is 20.3. The Hall–Kier alpha value is -3.19. The van der Waals surface area contributed by atoms with Crippen molar-refractivity contribution in [2.75, 3.05) is 20.3 Å². The fourth-order valence-electron chi connectivity index (χ4n) is 4.90. The summed E-state index contributed by atoms with van der Waals surface area (Å²) in [5, 5.41) is 2.61. The van der Waals surface area contributed by atoms with E-state index in [4.69, 9.17) is 9.47 Å². The summed E-state index contributed by atoms with van der Waals surface area (Å²) in [6.07, 6.45) is 5.87. The summed E-state index contributed by atoms with van der Waals surface area (Å²) >= 11 is 0. The molecule has 0 aliphatic carbocycles. The van der Waals surface area contributed by atoms with Crippen LogP contribution >= 0.6 is 0 Å². The van der Waals surface area contributed by atoms with Gasteiger partial charge in [-0.2, -0.15) is 0 Å². The molecule has 2 aromatic carbocycles. The summed E-state index contributed by atoms with van der Waals surface area (Å²) in [6, 6.07) is 13.3. The van der Waals surface area contributed by atoms with Gasteiger partial charge in [-0.15, -0.1) is 0 Å². The zero-order valence-corrected chi connectivity index (χ0v) is 20.3. The molecule has 1 atom stereocenters. The van der Waals surface area contributed by atoms with E-state index in [9.17, 15) is 14.4 Å². The lowest BCUT2D eigenvalue weighted by Crippen LogP contribution is -2.46. The van der Waals surface area contributed by atoms with Crippen molar-refractivity contribution in [2.24, 2.45) is 5.92 Å². The van der Waals surface area contributed by atoms with Crippen molar-refractivity contribution in [2.45, 2.75) is 57.7 Å². The fraction of sp³-hybridized carbons (Fsp3) is 0.464. The summed E-state index contributed by atoms with van der Waals surface area (Å²) in [7, 11) is 1.54. The van der Waals surface area contributed by atoms with E-state index in [0.717, 1.165) is 55.8 Å². The van der Waals surface area contributed by atoms with Crippen LogP contribution in [0.4, 0.5) is 0 Å². The Kier molecular flexibility index (Phi) is 8.53. The first-order valence-corrected chi connectivity index (χ1v) is 12.5. The maximum Gasteiger partial charge on any atom is 0.255 e. The van der Waals surface area contributed by atoms with Crippen molar-refractivity contribution in [3.8, 4) is 5.75 Å². The molecule has 7 heteroatoms. The Bertz CT molecular complexity index is 1030. The van der Waals surface area contributed by atoms with Crippen molar-refractivity contribution in [1.29, 1.82) is 0 Å². The van der Waals surface area contributed by atoms with E-state index in [1.165, 1.54) is 23.9 Å². The number of hydrogen-bond donors (Lipinski definition) is 1. The van der Waals surface area contributed by atoms with Crippen molar-refractivity contribution in [1.82, 2.24) is 10.2 Å². The number of likely N-dealkylation sites (N-methyl/N-ethyl adjacent to an activating group) is 1. The van der Waals surface area contributed by atoms with Crippen molar-refractivity contribution >= 4 is 18.1 Å². The molecule has 1 unspecified atom stereocenters. The van der Waals surface area contributed by atoms with E-state index in [0.29, 0.717) is 24.3 Å². The molecular formula is C28H34N2O5. The molecule has 7 nitrogen and oxygen atoms in total. The number of carbonyl (C=O) groups is 3. The van der Waals surface area contributed by atoms with Crippen LogP contribution in [0.5, 0.6) is 5.75 Å². The molecule has 2 aliphatic heterocycles. The predicted molar refractivity (Wildman–Crippen MR) is 132 cm³/mol. The van der Waals surface area contributed by atoms with Gasteiger partial charge in [0.1, 0.15) is 24.7 Å². The van der Waals surface area contributed by atoms with Crippen molar-refractivity contribution in [3.05, 3.63) is 64.7 Å². The normalized spacial score (nSPS) is 16.6. The third-order valence-electron chi connectivity index (χ3n) is 7.04. The number of nitrogens with one attached hydrogen (secondary N) is 1. The molecule has 2 amide bonds. The van der Waals surface area contributed by atoms with Gasteiger partial charge in [0.2, 0.25) is 5.91 Å². The van der Waals surface area contributed by atoms with Gasteiger partial charge in [0.25, 0.3) is 5.91 Å². The fourth-order valence-corrected chi connectivity index (χ4v) is 4.90. The number of nitrogens with zero attached hydrogens (tertiary/aromatic N) is 1. The molecule has 1 fully saturated rings. The molecule has 2 aliphatic rings. The van der Waals surface area contributed by atoms with E-state index in [1.807, 2.05) is 6.07 Å². The largest absolute Gasteiger partial charge is 0.489 e. The molecule has 1 saturated heterocycles. The van der Waals surface area contributed by atoms with Gasteiger partial charge in [0.05, 0.1) is 6.54 Å². The summed E-state index contributed by atoms with van der Waals surface area (Å²) in [6.45, 7) is 2.46. The van der Waals surface area contributed by atoms with Crippen LogP contribution < -0.4 is 10.1 Å². The summed E-state index contributed by atoms with van der Waals surface area (Å²) in [4.78, 5) is 37.9. The smallest absolute Gasteiger partial charge is 0.255 e. The first-order chi connectivity index (χ1) is 17.1. The van der Waals surface area contributed by atoms with Crippen LogP contribution in [-0.2, 0) is 33.9 Å². The van der Waals surface area contributed by atoms with Gasteiger partial charge in [-0.25, -0.2) is 0 Å². The van der Waals surface area contributed by atoms with E-state index in [-0.39, 0.29) is 24.8 Å². The molecule has 0 radical (unpaired) electrons. The second kappa shape index (κ2) is 12.0. The average Bonchev–Trinajstić information content (AvgIpc) is 3.24. The average molecular weight is 479 g/mol. The van der Waals surface area contributed by atoms with Gasteiger partial charge in [0.15, 0.2) is 0 Å². The predicted octanol–water partition coefficient (Wildman–Crippen LogP) is 3.67. The number of rotatable bonds is 11. The second-order valence-corrected chi connectivity index (χ2v) is 9.29. The molecule has 35 heavy (non-hydrogen) atoms. The molecular weight excluding hydrogens is 444 g/mol. The quantitative estimate of drug-likeness (QED) is 0.498. The van der Waals surface area contributed by atoms with Crippen LogP contribution in [0.2, 0.25) is 0 Å². The zero-order chi connectivity index (χ0) is 24.6. The molecule has 0 bridgehead atoms. The second-order valence-electron chi connectivity index (χ2n) is 9.29. The van der Waals surface area contributed by atoms with Gasteiger partial charge >= 0.3 is 0 Å². The Morgan fingerprint density at radius 2 is 1.91 bits per heavy atom. The third kappa shape index (κ3) is 6.09. The Balaban J connectivity index is 1.37. The number of benzene rings is 2. The van der Waals surface area contributed by atoms with Gasteiger partial charge < -0.3 is 24.5 Å². The van der Waals surface area contributed by atoms with Crippen LogP contribution in [-0.4, -0.2) is 49.3 Å². The maximum absolute atomic E-state index is 13.1. The topological polar surface area (TPSA) is 84.9 Å². The van der Waals surface area contributed by atoms with Gasteiger partial charge in [-0.1, -0.05) is 30.3 Å². The maximum atomic E-state index is 13.1. The van der Waals surface area contributed by atoms with E-state index in [1.54, 1.807) is 12.1 Å². The molecule has 4 rings (SSSR count). The minimum absolute atomic E-state index is 0.209. The third-order valence-corrected chi connectivity index (χ3v) is 7.04. The van der Waals surface area contributed by atoms with E-state index >= 15 is 0 Å². The number of fused-ring (bicyclic) bond motifs is 1. The first kappa shape index (κ1) is 24.9. The number of aldehydes is 1. The van der Waals surface area contributed by atoms with E-state index in [2.05, 4.69) is 29.6 Å². The van der Waals surface area contributed by atoms with Gasteiger partial charge in [-0.3, -0.25) is 9.59 Å². The minimum Gasteiger partial charge on any atom is -0.489 e. The summed E-state index contributed by atoms with van der Waals surface area (Å²) < 4.78 is 11.6. The summed E-state index contributed by atoms with van der Waals surface area (Å²) in [5.41, 5.74) is 3.72. The number of ether oxygens (including phenoxy) is 2. The highest BCUT2D eigenvalue weighted by molar-refractivity contribution is 6.01. The molecule has 1 N–H and O–H groups in total. The molecule has 0 aromatic heterocycles. The Labute approximate surface area is 206 Å². The van der Waals surface area contributed by atoms with Crippen LogP contribution in [0.1, 0.15) is 59.2 Å². The van der Waals surface area contributed by atoms with Crippen LogP contribution in [0, 0.1) is 5.92 Å². The Morgan fingerprint density at radius 3 is 2.63 bits per heavy atom. The number of amides is 2. The summed E-state index contributed by atoms with van der Waals surface area (Å²) in [5.74, 6) is 0.926.